The lowest BCUT2D eigenvalue weighted by Gasteiger charge is -2.38. The van der Waals surface area contributed by atoms with E-state index in [1.807, 2.05) is 0 Å². The van der Waals surface area contributed by atoms with Crippen molar-refractivity contribution in [3.8, 4) is 0 Å². The quantitative estimate of drug-likeness (QED) is 0.580. The summed E-state index contributed by atoms with van der Waals surface area (Å²) in [4.78, 5) is 2.62. The lowest BCUT2D eigenvalue weighted by atomic mass is 9.83. The molecule has 70 valence electrons. The van der Waals surface area contributed by atoms with Crippen LogP contribution in [0.4, 0.5) is 0 Å². The van der Waals surface area contributed by atoms with Crippen molar-refractivity contribution < 1.29 is 0 Å². The van der Waals surface area contributed by atoms with E-state index in [1.54, 1.807) is 0 Å². The maximum absolute atomic E-state index is 2.62. The molecule has 0 unspecified atom stereocenters. The molecule has 0 N–H and O–H groups in total. The Balaban J connectivity index is 2.02. The Bertz CT molecular complexity index is 150. The minimum Gasteiger partial charge on any atom is -0.300 e. The number of fused-ring (bicyclic) bond motifs is 2. The van der Waals surface area contributed by atoms with Gasteiger partial charge in [-0.3, -0.25) is 0 Å². The largest absolute Gasteiger partial charge is 0.300 e. The van der Waals surface area contributed by atoms with Crippen LogP contribution < -0.4 is 0 Å². The Morgan fingerprint density at radius 2 is 1.58 bits per heavy atom. The van der Waals surface area contributed by atoms with Crippen LogP contribution in [-0.4, -0.2) is 24.0 Å². The Morgan fingerprint density at radius 1 is 1.08 bits per heavy atom. The van der Waals surface area contributed by atoms with Crippen LogP contribution in [0.1, 0.15) is 39.5 Å². The minimum absolute atomic E-state index is 0.904. The van der Waals surface area contributed by atoms with Gasteiger partial charge in [0.05, 0.1) is 0 Å². The minimum atomic E-state index is 0.904. The average molecular weight is 167 g/mol. The van der Waals surface area contributed by atoms with Crippen molar-refractivity contribution in [2.24, 2.45) is 11.8 Å². The fourth-order valence-corrected chi connectivity index (χ4v) is 3.00. The van der Waals surface area contributed by atoms with Gasteiger partial charge in [0.2, 0.25) is 0 Å². The second kappa shape index (κ2) is 3.02. The van der Waals surface area contributed by atoms with Gasteiger partial charge in [-0.2, -0.15) is 0 Å². The zero-order chi connectivity index (χ0) is 8.72. The van der Waals surface area contributed by atoms with E-state index in [-0.39, 0.29) is 0 Å². The zero-order valence-corrected chi connectivity index (χ0v) is 8.59. The highest BCUT2D eigenvalue weighted by Gasteiger charge is 2.38. The molecule has 2 fully saturated rings. The van der Waals surface area contributed by atoms with Gasteiger partial charge in [0.15, 0.2) is 0 Å². The molecule has 2 heterocycles. The monoisotopic (exact) mass is 167 g/mol. The van der Waals surface area contributed by atoms with Crippen LogP contribution in [0, 0.1) is 11.8 Å². The lowest BCUT2D eigenvalue weighted by Crippen LogP contribution is -2.41. The van der Waals surface area contributed by atoms with Gasteiger partial charge in [0.1, 0.15) is 0 Å². The molecule has 0 radical (unpaired) electrons. The normalized spacial score (nSPS) is 42.5. The van der Waals surface area contributed by atoms with Crippen molar-refractivity contribution in [3.05, 3.63) is 0 Å². The third-order valence-electron chi connectivity index (χ3n) is 4.08. The molecular weight excluding hydrogens is 146 g/mol. The summed E-state index contributed by atoms with van der Waals surface area (Å²) in [6.45, 7) is 4.77. The Morgan fingerprint density at radius 3 is 2.00 bits per heavy atom. The summed E-state index contributed by atoms with van der Waals surface area (Å²) in [7, 11) is 2.32. The van der Waals surface area contributed by atoms with Gasteiger partial charge in [-0.1, -0.05) is 13.8 Å². The van der Waals surface area contributed by atoms with Crippen LogP contribution in [0.2, 0.25) is 0 Å². The van der Waals surface area contributed by atoms with Gasteiger partial charge in [-0.15, -0.1) is 0 Å². The molecular formula is C11H21N. The molecule has 0 saturated carbocycles. The molecule has 12 heavy (non-hydrogen) atoms. The van der Waals surface area contributed by atoms with E-state index in [9.17, 15) is 0 Å². The summed E-state index contributed by atoms with van der Waals surface area (Å²) >= 11 is 0. The van der Waals surface area contributed by atoms with Gasteiger partial charge >= 0.3 is 0 Å². The SMILES string of the molecule is CC(C)[C@@H]1C[C@H]2CC[C@@H](C1)N2C. The first kappa shape index (κ1) is 8.55. The van der Waals surface area contributed by atoms with E-state index in [1.165, 1.54) is 25.7 Å². The van der Waals surface area contributed by atoms with E-state index >= 15 is 0 Å². The number of hydrogen-bond acceptors (Lipinski definition) is 1. The topological polar surface area (TPSA) is 3.24 Å². The van der Waals surface area contributed by atoms with E-state index < -0.39 is 0 Å². The zero-order valence-electron chi connectivity index (χ0n) is 8.59. The standard InChI is InChI=1S/C11H21N/c1-8(2)9-6-10-4-5-11(7-9)12(10)3/h8-11H,4-7H2,1-3H3/t9-,10-,11+. The van der Waals surface area contributed by atoms with Crippen molar-refractivity contribution in [1.29, 1.82) is 0 Å². The van der Waals surface area contributed by atoms with Crippen molar-refractivity contribution >= 4 is 0 Å². The molecule has 1 heteroatoms. The average Bonchev–Trinajstić information content (AvgIpc) is 2.30. The Labute approximate surface area is 76.1 Å². The molecule has 0 aromatic rings. The number of piperidine rings is 1. The van der Waals surface area contributed by atoms with Gasteiger partial charge in [-0.05, 0) is 44.6 Å². The Hall–Kier alpha value is -0.0400. The number of nitrogens with zero attached hydrogens (tertiary/aromatic N) is 1. The first-order valence-electron chi connectivity index (χ1n) is 5.40. The summed E-state index contributed by atoms with van der Waals surface area (Å²) in [5.74, 6) is 1.92. The van der Waals surface area contributed by atoms with E-state index in [0.29, 0.717) is 0 Å². The molecule has 0 amide bonds. The van der Waals surface area contributed by atoms with Crippen LogP contribution in [0.15, 0.2) is 0 Å². The fourth-order valence-electron chi connectivity index (χ4n) is 3.00. The molecule has 0 aromatic heterocycles. The third kappa shape index (κ3) is 1.28. The summed E-state index contributed by atoms with van der Waals surface area (Å²) < 4.78 is 0. The highest BCUT2D eigenvalue weighted by molar-refractivity contribution is 4.93. The number of rotatable bonds is 1. The van der Waals surface area contributed by atoms with Crippen LogP contribution >= 0.6 is 0 Å². The third-order valence-corrected chi connectivity index (χ3v) is 4.08. The van der Waals surface area contributed by atoms with E-state index in [0.717, 1.165) is 23.9 Å². The molecule has 2 aliphatic heterocycles. The molecule has 2 saturated heterocycles. The van der Waals surface area contributed by atoms with E-state index in [4.69, 9.17) is 0 Å². The first-order chi connectivity index (χ1) is 5.68. The summed E-state index contributed by atoms with van der Waals surface area (Å²) in [5, 5.41) is 0. The predicted molar refractivity (Wildman–Crippen MR) is 52.1 cm³/mol. The van der Waals surface area contributed by atoms with Gasteiger partial charge in [-0.25, -0.2) is 0 Å². The summed E-state index contributed by atoms with van der Waals surface area (Å²) in [6, 6.07) is 1.85. The van der Waals surface area contributed by atoms with Crippen LogP contribution in [0.5, 0.6) is 0 Å². The van der Waals surface area contributed by atoms with Gasteiger partial charge in [0.25, 0.3) is 0 Å². The fraction of sp³-hybridized carbons (Fsp3) is 1.00. The van der Waals surface area contributed by atoms with Gasteiger partial charge in [0, 0.05) is 12.1 Å². The lowest BCUT2D eigenvalue weighted by molar-refractivity contribution is 0.111. The van der Waals surface area contributed by atoms with Crippen LogP contribution in [0.25, 0.3) is 0 Å². The van der Waals surface area contributed by atoms with Crippen molar-refractivity contribution in [1.82, 2.24) is 4.90 Å². The van der Waals surface area contributed by atoms with Crippen LogP contribution in [0.3, 0.4) is 0 Å². The smallest absolute Gasteiger partial charge is 0.00984 e. The predicted octanol–water partition coefficient (Wildman–Crippen LogP) is 2.52. The maximum Gasteiger partial charge on any atom is 0.00984 e. The Kier molecular flexibility index (Phi) is 2.16. The molecule has 3 atom stereocenters. The molecule has 2 bridgehead atoms. The molecule has 2 rings (SSSR count). The molecule has 0 aromatic carbocycles. The van der Waals surface area contributed by atoms with Crippen molar-refractivity contribution in [2.75, 3.05) is 7.05 Å². The van der Waals surface area contributed by atoms with Crippen molar-refractivity contribution in [2.45, 2.75) is 51.6 Å². The second-order valence-corrected chi connectivity index (χ2v) is 5.03. The highest BCUT2D eigenvalue weighted by atomic mass is 15.2. The van der Waals surface area contributed by atoms with Crippen LogP contribution in [-0.2, 0) is 0 Å². The van der Waals surface area contributed by atoms with Gasteiger partial charge < -0.3 is 4.90 Å². The molecule has 1 nitrogen and oxygen atoms in total. The second-order valence-electron chi connectivity index (χ2n) is 5.03. The molecule has 0 aliphatic carbocycles. The molecule has 2 aliphatic rings. The highest BCUT2D eigenvalue weighted by Crippen LogP contribution is 2.39. The number of hydrogen-bond donors (Lipinski definition) is 0. The molecule has 0 spiro atoms. The maximum atomic E-state index is 2.62. The first-order valence-corrected chi connectivity index (χ1v) is 5.40. The van der Waals surface area contributed by atoms with Crippen molar-refractivity contribution in [3.63, 3.8) is 0 Å². The van der Waals surface area contributed by atoms with E-state index in [2.05, 4.69) is 25.8 Å². The summed E-state index contributed by atoms with van der Waals surface area (Å²) in [6.07, 6.45) is 5.85. The summed E-state index contributed by atoms with van der Waals surface area (Å²) in [5.41, 5.74) is 0.